The van der Waals surface area contributed by atoms with Gasteiger partial charge in [-0.05, 0) is 61.0 Å². The smallest absolute Gasteiger partial charge is 0.269 e. The average molecular weight is 482 g/mol. The second-order valence-corrected chi connectivity index (χ2v) is 10.3. The summed E-state index contributed by atoms with van der Waals surface area (Å²) in [6.07, 6.45) is 5.59. The molecule has 5 rings (SSSR count). The quantitative estimate of drug-likeness (QED) is 0.499. The number of hydrogen-bond donors (Lipinski definition) is 0. The molecule has 172 valence electrons. The zero-order chi connectivity index (χ0) is 22.9. The number of ether oxygens (including phenoxy) is 2. The standard InChI is InChI=1S/C25H27N3O3S2/c1-27-20-15-19(31-3)13-14-21(20)32-24(27)22-23(29)28(17-7-5-4-6-8-17)25(33-22)26-16-9-11-18(30-2)12-10-16/h9-15,17H,4-8H2,1-3H3. The lowest BCUT2D eigenvalue weighted by Gasteiger charge is -2.30. The molecule has 8 heteroatoms. The maximum atomic E-state index is 13.8. The first-order valence-corrected chi connectivity index (χ1v) is 12.8. The second kappa shape index (κ2) is 9.35. The van der Waals surface area contributed by atoms with E-state index in [-0.39, 0.29) is 11.9 Å². The van der Waals surface area contributed by atoms with E-state index in [1.807, 2.05) is 48.3 Å². The predicted molar refractivity (Wildman–Crippen MR) is 136 cm³/mol. The van der Waals surface area contributed by atoms with Crippen LogP contribution in [0.1, 0.15) is 32.1 Å². The molecule has 0 atom stereocenters. The molecule has 1 saturated heterocycles. The molecule has 0 aromatic heterocycles. The molecule has 0 bridgehead atoms. The van der Waals surface area contributed by atoms with Gasteiger partial charge in [-0.15, -0.1) is 0 Å². The average Bonchev–Trinajstić information content (AvgIpc) is 3.35. The monoisotopic (exact) mass is 481 g/mol. The minimum Gasteiger partial charge on any atom is -0.497 e. The zero-order valence-corrected chi connectivity index (χ0v) is 20.7. The fourth-order valence-electron chi connectivity index (χ4n) is 4.47. The van der Waals surface area contributed by atoms with Crippen LogP contribution >= 0.6 is 23.5 Å². The van der Waals surface area contributed by atoms with Gasteiger partial charge in [-0.3, -0.25) is 9.69 Å². The molecule has 0 spiro atoms. The number of rotatable bonds is 4. The van der Waals surface area contributed by atoms with Crippen molar-refractivity contribution in [1.82, 2.24) is 4.90 Å². The van der Waals surface area contributed by atoms with Crippen LogP contribution in [0, 0.1) is 0 Å². The van der Waals surface area contributed by atoms with Crippen LogP contribution in [0.15, 0.2) is 62.3 Å². The van der Waals surface area contributed by atoms with Crippen LogP contribution < -0.4 is 14.4 Å². The Kier molecular flexibility index (Phi) is 6.29. The molecule has 2 fully saturated rings. The molecule has 6 nitrogen and oxygen atoms in total. The molecule has 1 amide bonds. The number of fused-ring (bicyclic) bond motifs is 1. The number of anilines is 1. The molecule has 0 radical (unpaired) electrons. The van der Waals surface area contributed by atoms with Gasteiger partial charge in [0.25, 0.3) is 5.91 Å². The van der Waals surface area contributed by atoms with Crippen molar-refractivity contribution in [2.24, 2.45) is 4.99 Å². The van der Waals surface area contributed by atoms with Gasteiger partial charge in [-0.25, -0.2) is 4.99 Å². The molecule has 0 unspecified atom stereocenters. The molecule has 2 aromatic rings. The topological polar surface area (TPSA) is 54.4 Å². The third-order valence-electron chi connectivity index (χ3n) is 6.28. The molecule has 2 heterocycles. The van der Waals surface area contributed by atoms with Crippen LogP contribution in [0.25, 0.3) is 0 Å². The third-order valence-corrected chi connectivity index (χ3v) is 8.69. The summed E-state index contributed by atoms with van der Waals surface area (Å²) in [5.74, 6) is 1.66. The first-order chi connectivity index (χ1) is 16.1. The van der Waals surface area contributed by atoms with Gasteiger partial charge in [0.1, 0.15) is 16.4 Å². The highest BCUT2D eigenvalue weighted by Crippen LogP contribution is 2.51. The number of benzene rings is 2. The number of carbonyl (C=O) groups excluding carboxylic acids is 1. The number of amidine groups is 1. The van der Waals surface area contributed by atoms with Gasteiger partial charge in [-0.2, -0.15) is 0 Å². The van der Waals surface area contributed by atoms with Crippen molar-refractivity contribution in [1.29, 1.82) is 0 Å². The van der Waals surface area contributed by atoms with Crippen molar-refractivity contribution >= 4 is 46.0 Å². The Hall–Kier alpha value is -2.58. The molecule has 1 saturated carbocycles. The minimum absolute atomic E-state index is 0.0632. The summed E-state index contributed by atoms with van der Waals surface area (Å²) in [6, 6.07) is 13.9. The molecule has 2 aromatic carbocycles. The Balaban J connectivity index is 1.53. The number of nitrogens with zero attached hydrogens (tertiary/aromatic N) is 3. The number of carbonyl (C=O) groups is 1. The van der Waals surface area contributed by atoms with Gasteiger partial charge in [0.2, 0.25) is 0 Å². The summed E-state index contributed by atoms with van der Waals surface area (Å²) >= 11 is 3.12. The fourth-order valence-corrected chi connectivity index (χ4v) is 6.86. The van der Waals surface area contributed by atoms with E-state index >= 15 is 0 Å². The molecule has 3 aliphatic rings. The van der Waals surface area contributed by atoms with Gasteiger partial charge in [-0.1, -0.05) is 31.0 Å². The number of aliphatic imine (C=N–C) groups is 1. The summed E-state index contributed by atoms with van der Waals surface area (Å²) in [5, 5.41) is 1.72. The van der Waals surface area contributed by atoms with Crippen molar-refractivity contribution < 1.29 is 14.3 Å². The Labute approximate surface area is 203 Å². The summed E-state index contributed by atoms with van der Waals surface area (Å²) in [4.78, 5) is 24.6. The predicted octanol–water partition coefficient (Wildman–Crippen LogP) is 6.01. The number of methoxy groups -OCH3 is 2. The van der Waals surface area contributed by atoms with Gasteiger partial charge in [0.15, 0.2) is 5.17 Å². The summed E-state index contributed by atoms with van der Waals surface area (Å²) in [7, 11) is 5.33. The normalized spacial score (nSPS) is 22.3. The number of hydrogen-bond acceptors (Lipinski definition) is 7. The highest BCUT2D eigenvalue weighted by atomic mass is 32.2. The molecule has 33 heavy (non-hydrogen) atoms. The molecular weight excluding hydrogens is 454 g/mol. The highest BCUT2D eigenvalue weighted by Gasteiger charge is 2.42. The molecule has 1 aliphatic carbocycles. The fraction of sp³-hybridized carbons (Fsp3) is 0.360. The summed E-state index contributed by atoms with van der Waals surface area (Å²) in [5.41, 5.74) is 1.87. The van der Waals surface area contributed by atoms with E-state index < -0.39 is 0 Å². The summed E-state index contributed by atoms with van der Waals surface area (Å²) in [6.45, 7) is 0. The number of amides is 1. The van der Waals surface area contributed by atoms with E-state index in [4.69, 9.17) is 14.5 Å². The highest BCUT2D eigenvalue weighted by molar-refractivity contribution is 8.19. The molecule has 2 aliphatic heterocycles. The SMILES string of the molecule is COc1ccc(N=C2SC(=C3Sc4ccc(OC)cc4N3C)C(=O)N2C2CCCCC2)cc1. The van der Waals surface area contributed by atoms with Crippen LogP contribution in [0.5, 0.6) is 11.5 Å². The maximum absolute atomic E-state index is 13.8. The van der Waals surface area contributed by atoms with Gasteiger partial charge >= 0.3 is 0 Å². The van der Waals surface area contributed by atoms with E-state index in [2.05, 4.69) is 11.0 Å². The van der Waals surface area contributed by atoms with Crippen molar-refractivity contribution in [3.8, 4) is 11.5 Å². The lowest BCUT2D eigenvalue weighted by molar-refractivity contribution is -0.124. The van der Waals surface area contributed by atoms with Crippen molar-refractivity contribution in [3.63, 3.8) is 0 Å². The second-order valence-electron chi connectivity index (χ2n) is 8.29. The minimum atomic E-state index is 0.0632. The van der Waals surface area contributed by atoms with Crippen molar-refractivity contribution in [2.45, 2.75) is 43.0 Å². The van der Waals surface area contributed by atoms with E-state index in [0.29, 0.717) is 0 Å². The van der Waals surface area contributed by atoms with Gasteiger partial charge < -0.3 is 14.4 Å². The van der Waals surface area contributed by atoms with Crippen LogP contribution in [-0.4, -0.2) is 43.3 Å². The molecular formula is C25H27N3O3S2. The van der Waals surface area contributed by atoms with Crippen LogP contribution in [0.4, 0.5) is 11.4 Å². The van der Waals surface area contributed by atoms with Gasteiger partial charge in [0, 0.05) is 24.1 Å². The third kappa shape index (κ3) is 4.22. The van der Waals surface area contributed by atoms with Crippen molar-refractivity contribution in [3.05, 3.63) is 52.4 Å². The first-order valence-electron chi connectivity index (χ1n) is 11.2. The van der Waals surface area contributed by atoms with Gasteiger partial charge in [0.05, 0.1) is 30.6 Å². The van der Waals surface area contributed by atoms with Crippen LogP contribution in [0.3, 0.4) is 0 Å². The lowest BCUT2D eigenvalue weighted by atomic mass is 9.94. The lowest BCUT2D eigenvalue weighted by Crippen LogP contribution is -2.40. The largest absolute Gasteiger partial charge is 0.497 e. The van der Waals surface area contributed by atoms with Crippen LogP contribution in [-0.2, 0) is 4.79 Å². The van der Waals surface area contributed by atoms with E-state index in [1.54, 1.807) is 26.0 Å². The zero-order valence-electron chi connectivity index (χ0n) is 19.0. The first kappa shape index (κ1) is 22.2. The van der Waals surface area contributed by atoms with E-state index in [9.17, 15) is 4.79 Å². The number of thioether (sulfide) groups is 2. The van der Waals surface area contributed by atoms with Crippen LogP contribution in [0.2, 0.25) is 0 Å². The Bertz CT molecular complexity index is 1120. The Morgan fingerprint density at radius 3 is 2.33 bits per heavy atom. The maximum Gasteiger partial charge on any atom is 0.269 e. The molecule has 0 N–H and O–H groups in total. The van der Waals surface area contributed by atoms with E-state index in [1.165, 1.54) is 18.2 Å². The summed E-state index contributed by atoms with van der Waals surface area (Å²) < 4.78 is 10.7. The van der Waals surface area contributed by atoms with E-state index in [0.717, 1.165) is 68.6 Å². The Morgan fingerprint density at radius 2 is 1.64 bits per heavy atom. The van der Waals surface area contributed by atoms with Crippen molar-refractivity contribution in [2.75, 3.05) is 26.2 Å². The Morgan fingerprint density at radius 1 is 0.939 bits per heavy atom.